The van der Waals surface area contributed by atoms with Crippen LogP contribution in [0.5, 0.6) is 23.0 Å². The summed E-state index contributed by atoms with van der Waals surface area (Å²) in [5, 5.41) is 30.9. The van der Waals surface area contributed by atoms with Gasteiger partial charge in [-0.05, 0) is 47.5 Å². The van der Waals surface area contributed by atoms with Gasteiger partial charge in [-0.15, -0.1) is 11.6 Å². The van der Waals surface area contributed by atoms with Crippen LogP contribution in [0.15, 0.2) is 66.7 Å². The Kier molecular flexibility index (Phi) is 6.07. The number of hydrogen-bond donors (Lipinski definition) is 3. The SMILES string of the molecule is Oc1ccc(C2C(c3ccc(OCCCl)cc3)Oc3cc(O)ccc3C2(O)C(F)(F)F)cc1. The Labute approximate surface area is 192 Å². The Bertz CT molecular complexity index is 1120. The van der Waals surface area contributed by atoms with Crippen molar-refractivity contribution in [2.24, 2.45) is 0 Å². The predicted octanol–water partition coefficient (Wildman–Crippen LogP) is 5.38. The number of phenolic OH excluding ortho intramolecular Hbond substituents is 2. The average molecular weight is 481 g/mol. The van der Waals surface area contributed by atoms with Crippen molar-refractivity contribution in [3.05, 3.63) is 83.4 Å². The lowest BCUT2D eigenvalue weighted by Gasteiger charge is -2.46. The zero-order valence-electron chi connectivity index (χ0n) is 17.1. The van der Waals surface area contributed by atoms with Gasteiger partial charge >= 0.3 is 6.18 Å². The summed E-state index contributed by atoms with van der Waals surface area (Å²) in [5.74, 6) is -1.59. The summed E-state index contributed by atoms with van der Waals surface area (Å²) in [6.45, 7) is 0.261. The van der Waals surface area contributed by atoms with Crippen molar-refractivity contribution in [1.82, 2.24) is 0 Å². The first kappa shape index (κ1) is 23.1. The summed E-state index contributed by atoms with van der Waals surface area (Å²) in [5.41, 5.74) is -3.39. The lowest BCUT2D eigenvalue weighted by molar-refractivity contribution is -0.288. The molecule has 0 radical (unpaired) electrons. The molecule has 0 aliphatic carbocycles. The van der Waals surface area contributed by atoms with Crippen molar-refractivity contribution in [2.45, 2.75) is 23.8 Å². The van der Waals surface area contributed by atoms with Crippen LogP contribution in [-0.4, -0.2) is 34.0 Å². The maximum absolute atomic E-state index is 14.6. The molecule has 3 aromatic carbocycles. The monoisotopic (exact) mass is 480 g/mol. The van der Waals surface area contributed by atoms with Gasteiger partial charge in [0.1, 0.15) is 35.7 Å². The van der Waals surface area contributed by atoms with Crippen LogP contribution in [0.2, 0.25) is 0 Å². The molecule has 0 saturated carbocycles. The minimum absolute atomic E-state index is 0.110. The zero-order valence-corrected chi connectivity index (χ0v) is 17.8. The zero-order chi connectivity index (χ0) is 23.8. The van der Waals surface area contributed by atoms with Gasteiger partial charge in [-0.1, -0.05) is 24.3 Å². The van der Waals surface area contributed by atoms with E-state index in [1.807, 2.05) is 0 Å². The van der Waals surface area contributed by atoms with Gasteiger partial charge in [0.05, 0.1) is 11.8 Å². The molecule has 0 amide bonds. The van der Waals surface area contributed by atoms with Crippen molar-refractivity contribution in [3.8, 4) is 23.0 Å². The molecule has 0 bridgehead atoms. The van der Waals surface area contributed by atoms with Crippen LogP contribution < -0.4 is 9.47 Å². The van der Waals surface area contributed by atoms with Gasteiger partial charge in [0.15, 0.2) is 5.60 Å². The molecule has 1 heterocycles. The minimum atomic E-state index is -5.09. The number of phenols is 2. The number of aromatic hydroxyl groups is 2. The van der Waals surface area contributed by atoms with Crippen LogP contribution in [0.1, 0.15) is 28.7 Å². The van der Waals surface area contributed by atoms with Gasteiger partial charge in [-0.25, -0.2) is 0 Å². The second kappa shape index (κ2) is 8.68. The molecule has 33 heavy (non-hydrogen) atoms. The molecule has 3 N–H and O–H groups in total. The summed E-state index contributed by atoms with van der Waals surface area (Å²) in [6.07, 6.45) is -6.37. The average Bonchev–Trinajstić information content (AvgIpc) is 2.78. The second-order valence-corrected chi connectivity index (χ2v) is 8.04. The Hall–Kier alpha value is -3.10. The van der Waals surface area contributed by atoms with Crippen LogP contribution in [0.4, 0.5) is 13.2 Å². The number of alkyl halides is 4. The fourth-order valence-electron chi connectivity index (χ4n) is 4.11. The molecule has 174 valence electrons. The lowest BCUT2D eigenvalue weighted by Crippen LogP contribution is -2.52. The molecule has 3 unspecified atom stereocenters. The van der Waals surface area contributed by atoms with E-state index in [1.165, 1.54) is 24.3 Å². The smallest absolute Gasteiger partial charge is 0.422 e. The van der Waals surface area contributed by atoms with Crippen molar-refractivity contribution >= 4 is 11.6 Å². The van der Waals surface area contributed by atoms with Crippen LogP contribution >= 0.6 is 11.6 Å². The lowest BCUT2D eigenvalue weighted by atomic mass is 9.70. The van der Waals surface area contributed by atoms with Crippen molar-refractivity contribution in [2.75, 3.05) is 12.5 Å². The van der Waals surface area contributed by atoms with E-state index >= 15 is 0 Å². The van der Waals surface area contributed by atoms with Gasteiger partial charge < -0.3 is 24.8 Å². The number of benzene rings is 3. The fraction of sp³-hybridized carbons (Fsp3) is 0.250. The standard InChI is InChI=1S/C24H20ClF3O5/c25-11-12-32-18-8-3-15(4-9-18)22-21(14-1-5-16(29)6-2-14)23(31,24(26,27)28)19-10-7-17(30)13-20(19)33-22/h1-10,13,21-22,29-31H,11-12H2. The van der Waals surface area contributed by atoms with Gasteiger partial charge in [0, 0.05) is 11.6 Å². The van der Waals surface area contributed by atoms with E-state index in [1.54, 1.807) is 24.3 Å². The Morgan fingerprint density at radius 1 is 0.909 bits per heavy atom. The predicted molar refractivity (Wildman–Crippen MR) is 115 cm³/mol. The highest BCUT2D eigenvalue weighted by atomic mass is 35.5. The third-order valence-corrected chi connectivity index (χ3v) is 5.78. The molecule has 0 saturated heterocycles. The molecule has 3 atom stereocenters. The molecule has 0 aromatic heterocycles. The van der Waals surface area contributed by atoms with Gasteiger partial charge in [0.2, 0.25) is 0 Å². The number of ether oxygens (including phenoxy) is 2. The van der Waals surface area contributed by atoms with E-state index in [9.17, 15) is 28.5 Å². The number of halogens is 4. The number of aliphatic hydroxyl groups is 1. The molecule has 1 aliphatic rings. The summed E-state index contributed by atoms with van der Waals surface area (Å²) in [6, 6.07) is 14.5. The van der Waals surface area contributed by atoms with E-state index in [4.69, 9.17) is 21.1 Å². The van der Waals surface area contributed by atoms with Crippen molar-refractivity contribution < 1.29 is 38.0 Å². The molecule has 5 nitrogen and oxygen atoms in total. The Morgan fingerprint density at radius 3 is 2.12 bits per heavy atom. The number of rotatable bonds is 5. The molecule has 9 heteroatoms. The summed E-state index contributed by atoms with van der Waals surface area (Å²) >= 11 is 5.62. The molecule has 0 fully saturated rings. The maximum atomic E-state index is 14.6. The highest BCUT2D eigenvalue weighted by Crippen LogP contribution is 2.60. The Balaban J connectivity index is 1.91. The van der Waals surface area contributed by atoms with E-state index in [0.717, 1.165) is 18.2 Å². The topological polar surface area (TPSA) is 79.2 Å². The molecule has 3 aromatic rings. The number of fused-ring (bicyclic) bond motifs is 1. The van der Waals surface area contributed by atoms with Gasteiger partial charge in [-0.2, -0.15) is 13.2 Å². The minimum Gasteiger partial charge on any atom is -0.508 e. The highest BCUT2D eigenvalue weighted by Gasteiger charge is 2.65. The van der Waals surface area contributed by atoms with E-state index < -0.39 is 29.4 Å². The Morgan fingerprint density at radius 2 is 1.52 bits per heavy atom. The quantitative estimate of drug-likeness (QED) is 0.427. The molecule has 1 aliphatic heterocycles. The third kappa shape index (κ3) is 4.16. The highest BCUT2D eigenvalue weighted by molar-refractivity contribution is 6.18. The normalized spacial score (nSPS) is 22.3. The summed E-state index contributed by atoms with van der Waals surface area (Å²) < 4.78 is 55.1. The number of hydrogen-bond acceptors (Lipinski definition) is 5. The molecular weight excluding hydrogens is 461 g/mol. The second-order valence-electron chi connectivity index (χ2n) is 7.66. The largest absolute Gasteiger partial charge is 0.508 e. The third-order valence-electron chi connectivity index (χ3n) is 5.62. The van der Waals surface area contributed by atoms with E-state index in [0.29, 0.717) is 11.3 Å². The van der Waals surface area contributed by atoms with E-state index in [-0.39, 0.29) is 35.3 Å². The van der Waals surface area contributed by atoms with Crippen LogP contribution in [0.25, 0.3) is 0 Å². The first-order valence-electron chi connectivity index (χ1n) is 10.0. The van der Waals surface area contributed by atoms with Crippen molar-refractivity contribution in [1.29, 1.82) is 0 Å². The van der Waals surface area contributed by atoms with Gasteiger partial charge in [0.25, 0.3) is 0 Å². The fourth-order valence-corrected chi connectivity index (χ4v) is 4.19. The van der Waals surface area contributed by atoms with Crippen molar-refractivity contribution in [3.63, 3.8) is 0 Å². The summed E-state index contributed by atoms with van der Waals surface area (Å²) in [4.78, 5) is 0. The van der Waals surface area contributed by atoms with Gasteiger partial charge in [-0.3, -0.25) is 0 Å². The molecule has 0 spiro atoms. The van der Waals surface area contributed by atoms with Crippen LogP contribution in [0, 0.1) is 0 Å². The first-order chi connectivity index (χ1) is 15.6. The summed E-state index contributed by atoms with van der Waals surface area (Å²) in [7, 11) is 0. The van der Waals surface area contributed by atoms with Crippen LogP contribution in [-0.2, 0) is 5.60 Å². The van der Waals surface area contributed by atoms with E-state index in [2.05, 4.69) is 0 Å². The maximum Gasteiger partial charge on any atom is 0.422 e. The molecule has 4 rings (SSSR count). The molecular formula is C24H20ClF3O5. The first-order valence-corrected chi connectivity index (χ1v) is 10.6. The van der Waals surface area contributed by atoms with Crippen LogP contribution in [0.3, 0.4) is 0 Å².